The second-order valence-corrected chi connectivity index (χ2v) is 5.65. The molecule has 0 aromatic heterocycles. The summed E-state index contributed by atoms with van der Waals surface area (Å²) in [4.78, 5) is 2.56. The van der Waals surface area contributed by atoms with Crippen molar-refractivity contribution in [3.8, 4) is 0 Å². The van der Waals surface area contributed by atoms with Gasteiger partial charge in [-0.25, -0.2) is 0 Å². The van der Waals surface area contributed by atoms with Crippen molar-refractivity contribution in [1.29, 1.82) is 0 Å². The molecule has 2 rings (SSSR count). The lowest BCUT2D eigenvalue weighted by molar-refractivity contribution is 0.0873. The lowest BCUT2D eigenvalue weighted by atomic mass is 9.74. The van der Waals surface area contributed by atoms with E-state index < -0.39 is 0 Å². The zero-order valence-electron chi connectivity index (χ0n) is 10.6. The third-order valence-electron chi connectivity index (χ3n) is 4.47. The van der Waals surface area contributed by atoms with Gasteiger partial charge in [0.05, 0.1) is 6.10 Å². The second-order valence-electron chi connectivity index (χ2n) is 5.65. The van der Waals surface area contributed by atoms with E-state index in [1.165, 1.54) is 51.6 Å². The summed E-state index contributed by atoms with van der Waals surface area (Å²) in [5, 5.41) is 0. The van der Waals surface area contributed by atoms with Crippen LogP contribution in [0, 0.1) is 5.41 Å². The predicted octanol–water partition coefficient (Wildman–Crippen LogP) is 1.62. The maximum absolute atomic E-state index is 6.03. The summed E-state index contributed by atoms with van der Waals surface area (Å²) in [5.74, 6) is 0. The van der Waals surface area contributed by atoms with Crippen LogP contribution in [0.15, 0.2) is 0 Å². The molecular formula is C13H26N2O. The number of likely N-dealkylation sites (tertiary alicyclic amines) is 1. The van der Waals surface area contributed by atoms with Crippen molar-refractivity contribution < 1.29 is 4.74 Å². The van der Waals surface area contributed by atoms with Gasteiger partial charge in [-0.3, -0.25) is 0 Å². The largest absolute Gasteiger partial charge is 0.380 e. The number of hydrogen-bond acceptors (Lipinski definition) is 3. The standard InChI is InChI=1S/C13H26N2O/c1-16-12-5-8-15(9-12)11-13(10-14)6-3-2-4-7-13/h12H,2-11,14H2,1H3. The van der Waals surface area contributed by atoms with Crippen molar-refractivity contribution in [1.82, 2.24) is 4.90 Å². The van der Waals surface area contributed by atoms with Crippen LogP contribution in [0.1, 0.15) is 38.5 Å². The molecule has 1 aliphatic heterocycles. The number of hydrogen-bond donors (Lipinski definition) is 1. The van der Waals surface area contributed by atoms with Crippen LogP contribution in [0.5, 0.6) is 0 Å². The molecule has 0 amide bonds. The summed E-state index contributed by atoms with van der Waals surface area (Å²) in [6.45, 7) is 4.36. The Morgan fingerprint density at radius 2 is 2.06 bits per heavy atom. The molecule has 1 atom stereocenters. The fourth-order valence-electron chi connectivity index (χ4n) is 3.34. The molecule has 0 spiro atoms. The lowest BCUT2D eigenvalue weighted by Crippen LogP contribution is -2.43. The summed E-state index contributed by atoms with van der Waals surface area (Å²) in [6.07, 6.45) is 8.46. The van der Waals surface area contributed by atoms with E-state index in [4.69, 9.17) is 10.5 Å². The van der Waals surface area contributed by atoms with Crippen LogP contribution in [0.3, 0.4) is 0 Å². The van der Waals surface area contributed by atoms with Crippen LogP contribution in [0.25, 0.3) is 0 Å². The van der Waals surface area contributed by atoms with Crippen molar-refractivity contribution >= 4 is 0 Å². The highest BCUT2D eigenvalue weighted by Crippen LogP contribution is 2.36. The first-order valence-electron chi connectivity index (χ1n) is 6.73. The lowest BCUT2D eigenvalue weighted by Gasteiger charge is -2.39. The maximum atomic E-state index is 6.03. The van der Waals surface area contributed by atoms with Gasteiger partial charge >= 0.3 is 0 Å². The summed E-state index contributed by atoms with van der Waals surface area (Å²) in [7, 11) is 1.83. The summed E-state index contributed by atoms with van der Waals surface area (Å²) in [5.41, 5.74) is 6.44. The quantitative estimate of drug-likeness (QED) is 0.791. The van der Waals surface area contributed by atoms with Crippen molar-refractivity contribution in [3.63, 3.8) is 0 Å². The van der Waals surface area contributed by atoms with Gasteiger partial charge in [-0.2, -0.15) is 0 Å². The molecular weight excluding hydrogens is 200 g/mol. The van der Waals surface area contributed by atoms with Crippen LogP contribution in [0.2, 0.25) is 0 Å². The molecule has 0 aromatic rings. The van der Waals surface area contributed by atoms with E-state index in [0.717, 1.165) is 13.1 Å². The van der Waals surface area contributed by atoms with Crippen LogP contribution in [0.4, 0.5) is 0 Å². The third kappa shape index (κ3) is 2.76. The molecule has 3 nitrogen and oxygen atoms in total. The molecule has 3 heteroatoms. The van der Waals surface area contributed by atoms with Crippen molar-refractivity contribution in [2.45, 2.75) is 44.6 Å². The molecule has 2 aliphatic rings. The zero-order chi connectivity index (χ0) is 11.4. The zero-order valence-corrected chi connectivity index (χ0v) is 10.6. The van der Waals surface area contributed by atoms with Gasteiger partial charge in [0.25, 0.3) is 0 Å². The van der Waals surface area contributed by atoms with E-state index in [0.29, 0.717) is 11.5 Å². The van der Waals surface area contributed by atoms with Crippen LogP contribution < -0.4 is 5.73 Å². The van der Waals surface area contributed by atoms with Gasteiger partial charge in [-0.05, 0) is 31.2 Å². The summed E-state index contributed by atoms with van der Waals surface area (Å²) in [6, 6.07) is 0. The van der Waals surface area contributed by atoms with E-state index in [1.807, 2.05) is 7.11 Å². The molecule has 1 saturated carbocycles. The molecule has 0 aromatic carbocycles. The minimum atomic E-state index is 0.418. The van der Waals surface area contributed by atoms with Crippen LogP contribution in [-0.4, -0.2) is 44.3 Å². The highest BCUT2D eigenvalue weighted by Gasteiger charge is 2.34. The van der Waals surface area contributed by atoms with Gasteiger partial charge in [0.1, 0.15) is 0 Å². The Morgan fingerprint density at radius 1 is 1.31 bits per heavy atom. The van der Waals surface area contributed by atoms with Gasteiger partial charge < -0.3 is 15.4 Å². The molecule has 1 aliphatic carbocycles. The number of methoxy groups -OCH3 is 1. The van der Waals surface area contributed by atoms with Gasteiger partial charge in [0.2, 0.25) is 0 Å². The Hall–Kier alpha value is -0.120. The molecule has 16 heavy (non-hydrogen) atoms. The number of rotatable bonds is 4. The Labute approximate surface area is 99.3 Å². The molecule has 2 fully saturated rings. The third-order valence-corrected chi connectivity index (χ3v) is 4.47. The molecule has 94 valence electrons. The first-order valence-corrected chi connectivity index (χ1v) is 6.73. The molecule has 1 unspecified atom stereocenters. The van der Waals surface area contributed by atoms with E-state index in [-0.39, 0.29) is 0 Å². The van der Waals surface area contributed by atoms with Crippen molar-refractivity contribution in [2.75, 3.05) is 33.3 Å². The number of nitrogens with zero attached hydrogens (tertiary/aromatic N) is 1. The Kier molecular flexibility index (Phi) is 4.22. The van der Waals surface area contributed by atoms with E-state index >= 15 is 0 Å². The van der Waals surface area contributed by atoms with Gasteiger partial charge in [0, 0.05) is 26.7 Å². The van der Waals surface area contributed by atoms with Crippen LogP contribution >= 0.6 is 0 Å². The average molecular weight is 226 g/mol. The minimum absolute atomic E-state index is 0.418. The highest BCUT2D eigenvalue weighted by atomic mass is 16.5. The topological polar surface area (TPSA) is 38.5 Å². The van der Waals surface area contributed by atoms with Gasteiger partial charge in [-0.1, -0.05) is 19.3 Å². The van der Waals surface area contributed by atoms with Gasteiger partial charge in [-0.15, -0.1) is 0 Å². The number of ether oxygens (including phenoxy) is 1. The first-order chi connectivity index (χ1) is 7.78. The van der Waals surface area contributed by atoms with E-state index in [1.54, 1.807) is 0 Å². The first kappa shape index (κ1) is 12.3. The average Bonchev–Trinajstić information content (AvgIpc) is 2.78. The van der Waals surface area contributed by atoms with Crippen molar-refractivity contribution in [3.05, 3.63) is 0 Å². The smallest absolute Gasteiger partial charge is 0.0710 e. The fraction of sp³-hybridized carbons (Fsp3) is 1.00. The molecule has 1 heterocycles. The SMILES string of the molecule is COC1CCN(CC2(CN)CCCCC2)C1. The summed E-state index contributed by atoms with van der Waals surface area (Å²) >= 11 is 0. The molecule has 0 radical (unpaired) electrons. The van der Waals surface area contributed by atoms with E-state index in [2.05, 4.69) is 4.90 Å². The van der Waals surface area contributed by atoms with Crippen LogP contribution in [-0.2, 0) is 4.74 Å². The van der Waals surface area contributed by atoms with Crippen molar-refractivity contribution in [2.24, 2.45) is 11.1 Å². The fourth-order valence-corrected chi connectivity index (χ4v) is 3.34. The second kappa shape index (κ2) is 5.48. The predicted molar refractivity (Wildman–Crippen MR) is 66.4 cm³/mol. The number of nitrogens with two attached hydrogens (primary N) is 1. The Balaban J connectivity index is 1.86. The molecule has 2 N–H and O–H groups in total. The minimum Gasteiger partial charge on any atom is -0.380 e. The molecule has 0 bridgehead atoms. The van der Waals surface area contributed by atoms with E-state index in [9.17, 15) is 0 Å². The monoisotopic (exact) mass is 226 g/mol. The highest BCUT2D eigenvalue weighted by molar-refractivity contribution is 4.89. The maximum Gasteiger partial charge on any atom is 0.0710 e. The molecule has 1 saturated heterocycles. The Morgan fingerprint density at radius 3 is 2.62 bits per heavy atom. The summed E-state index contributed by atoms with van der Waals surface area (Å²) < 4.78 is 5.42. The van der Waals surface area contributed by atoms with Gasteiger partial charge in [0.15, 0.2) is 0 Å². The normalized spacial score (nSPS) is 30.8. The Bertz CT molecular complexity index is 214.